The van der Waals surface area contributed by atoms with Crippen LogP contribution in [0, 0.1) is 5.92 Å². The molecule has 0 heterocycles. The first kappa shape index (κ1) is 23.4. The fraction of sp³-hybridized carbons (Fsp3) is 0.619. The molecule has 0 spiro atoms. The third-order valence-electron chi connectivity index (χ3n) is 4.28. The zero-order valence-corrected chi connectivity index (χ0v) is 17.7. The molecule has 5 nitrogen and oxygen atoms in total. The Bertz CT molecular complexity index is 566. The van der Waals surface area contributed by atoms with E-state index in [2.05, 4.69) is 24.5 Å². The van der Waals surface area contributed by atoms with E-state index in [0.717, 1.165) is 31.9 Å². The highest BCUT2D eigenvalue weighted by Crippen LogP contribution is 2.13. The van der Waals surface area contributed by atoms with E-state index in [4.69, 9.17) is 21.7 Å². The topological polar surface area (TPSA) is 59.6 Å². The van der Waals surface area contributed by atoms with Crippen LogP contribution in [0.2, 0.25) is 0 Å². The predicted octanol–water partition coefficient (Wildman–Crippen LogP) is 4.77. The molecule has 0 fully saturated rings. The third-order valence-corrected chi connectivity index (χ3v) is 4.53. The number of unbranched alkanes of at least 4 members (excludes halogenated alkanes) is 1. The van der Waals surface area contributed by atoms with Gasteiger partial charge in [-0.1, -0.05) is 39.2 Å². The van der Waals surface area contributed by atoms with Crippen molar-refractivity contribution in [2.45, 2.75) is 52.9 Å². The van der Waals surface area contributed by atoms with Gasteiger partial charge in [0.2, 0.25) is 0 Å². The summed E-state index contributed by atoms with van der Waals surface area (Å²) >= 11 is 5.30. The van der Waals surface area contributed by atoms with Gasteiger partial charge in [-0.05, 0) is 56.1 Å². The van der Waals surface area contributed by atoms with E-state index in [1.54, 1.807) is 25.1 Å². The van der Waals surface area contributed by atoms with Crippen LogP contribution < -0.4 is 10.6 Å². The van der Waals surface area contributed by atoms with Gasteiger partial charge in [-0.15, -0.1) is 0 Å². The number of anilines is 1. The summed E-state index contributed by atoms with van der Waals surface area (Å²) in [5.74, 6) is 0.342. The van der Waals surface area contributed by atoms with Crippen LogP contribution >= 0.6 is 12.2 Å². The quantitative estimate of drug-likeness (QED) is 0.285. The Balaban J connectivity index is 2.22. The molecule has 6 heteroatoms. The lowest BCUT2D eigenvalue weighted by Gasteiger charge is -2.15. The van der Waals surface area contributed by atoms with Crippen molar-refractivity contribution in [3.8, 4) is 0 Å². The first-order valence-electron chi connectivity index (χ1n) is 10.00. The average Bonchev–Trinajstić information content (AvgIpc) is 2.67. The summed E-state index contributed by atoms with van der Waals surface area (Å²) in [5, 5.41) is 6.79. The highest BCUT2D eigenvalue weighted by Gasteiger charge is 2.08. The van der Waals surface area contributed by atoms with Crippen LogP contribution in [-0.4, -0.2) is 37.4 Å². The number of carbonyl (C=O) groups is 1. The molecule has 27 heavy (non-hydrogen) atoms. The van der Waals surface area contributed by atoms with Crippen LogP contribution in [0.3, 0.4) is 0 Å². The van der Waals surface area contributed by atoms with E-state index in [9.17, 15) is 4.79 Å². The van der Waals surface area contributed by atoms with Crippen molar-refractivity contribution in [1.82, 2.24) is 5.32 Å². The lowest BCUT2D eigenvalue weighted by molar-refractivity contribution is 0.0526. The molecule has 0 saturated heterocycles. The first-order chi connectivity index (χ1) is 13.1. The normalized spacial score (nSPS) is 11.7. The maximum Gasteiger partial charge on any atom is 0.338 e. The predicted molar refractivity (Wildman–Crippen MR) is 115 cm³/mol. The summed E-state index contributed by atoms with van der Waals surface area (Å²) in [6.07, 6.45) is 5.85. The number of hydrogen-bond acceptors (Lipinski definition) is 4. The Labute approximate surface area is 169 Å². The Morgan fingerprint density at radius 2 is 2.04 bits per heavy atom. The largest absolute Gasteiger partial charge is 0.462 e. The van der Waals surface area contributed by atoms with Crippen LogP contribution in [0.15, 0.2) is 24.3 Å². The van der Waals surface area contributed by atoms with Crippen molar-refractivity contribution in [3.63, 3.8) is 0 Å². The molecule has 1 aromatic carbocycles. The highest BCUT2D eigenvalue weighted by atomic mass is 32.1. The van der Waals surface area contributed by atoms with E-state index in [1.165, 1.54) is 25.7 Å². The average molecular weight is 395 g/mol. The molecule has 1 rings (SSSR count). The van der Waals surface area contributed by atoms with Gasteiger partial charge < -0.3 is 20.1 Å². The molecule has 152 valence electrons. The molecule has 1 aromatic rings. The third kappa shape index (κ3) is 10.3. The van der Waals surface area contributed by atoms with Crippen LogP contribution in [0.5, 0.6) is 0 Å². The van der Waals surface area contributed by atoms with Gasteiger partial charge >= 0.3 is 5.97 Å². The summed E-state index contributed by atoms with van der Waals surface area (Å²) in [6, 6.07) is 7.12. The van der Waals surface area contributed by atoms with Crippen molar-refractivity contribution < 1.29 is 14.3 Å². The monoisotopic (exact) mass is 394 g/mol. The summed E-state index contributed by atoms with van der Waals surface area (Å²) in [6.45, 7) is 8.92. The van der Waals surface area contributed by atoms with Gasteiger partial charge in [-0.25, -0.2) is 4.79 Å². The molecule has 0 amide bonds. The molecule has 0 aliphatic carbocycles. The summed E-state index contributed by atoms with van der Waals surface area (Å²) in [5.41, 5.74) is 1.27. The van der Waals surface area contributed by atoms with E-state index < -0.39 is 0 Å². The fourth-order valence-corrected chi connectivity index (χ4v) is 2.86. The van der Waals surface area contributed by atoms with Gasteiger partial charge in [0.05, 0.1) is 12.2 Å². The molecule has 1 atom stereocenters. The zero-order chi connectivity index (χ0) is 19.9. The minimum Gasteiger partial charge on any atom is -0.462 e. The number of ether oxygens (including phenoxy) is 2. The Morgan fingerprint density at radius 1 is 1.22 bits per heavy atom. The molecule has 0 aliphatic heterocycles. The van der Waals surface area contributed by atoms with Gasteiger partial charge in [0.25, 0.3) is 0 Å². The maximum absolute atomic E-state index is 11.8. The standard InChI is InChI=1S/C21H34N2O3S/c1-4-7-10-17(5-2)16-25-14-9-13-22-21(27)23-19-12-8-11-18(15-19)20(24)26-6-3/h8,11-12,15,17H,4-7,9-10,13-14,16H2,1-3H3,(H2,22,23,27). The van der Waals surface area contributed by atoms with E-state index in [0.29, 0.717) is 23.2 Å². The second kappa shape index (κ2) is 14.4. The van der Waals surface area contributed by atoms with Gasteiger partial charge in [-0.2, -0.15) is 0 Å². The Hall–Kier alpha value is -1.66. The summed E-state index contributed by atoms with van der Waals surface area (Å²) in [7, 11) is 0. The van der Waals surface area contributed by atoms with Crippen molar-refractivity contribution in [2.24, 2.45) is 5.92 Å². The van der Waals surface area contributed by atoms with Gasteiger partial charge in [0.15, 0.2) is 5.11 Å². The number of thiocarbonyl (C=S) groups is 1. The molecule has 1 unspecified atom stereocenters. The number of esters is 1. The van der Waals surface area contributed by atoms with E-state index in [-0.39, 0.29) is 5.97 Å². The molecular weight excluding hydrogens is 360 g/mol. The molecule has 0 aliphatic rings. The molecule has 0 saturated carbocycles. The lowest BCUT2D eigenvalue weighted by atomic mass is 10.0. The van der Waals surface area contributed by atoms with Crippen molar-refractivity contribution in [3.05, 3.63) is 29.8 Å². The van der Waals surface area contributed by atoms with Crippen LogP contribution in [0.4, 0.5) is 5.69 Å². The smallest absolute Gasteiger partial charge is 0.338 e. The zero-order valence-electron chi connectivity index (χ0n) is 16.9. The SMILES string of the molecule is CCCCC(CC)COCCCNC(=S)Nc1cccc(C(=O)OCC)c1. The van der Waals surface area contributed by atoms with Crippen LogP contribution in [0.1, 0.15) is 63.2 Å². The molecule has 0 bridgehead atoms. The van der Waals surface area contributed by atoms with Gasteiger partial charge in [0.1, 0.15) is 0 Å². The molecular formula is C21H34N2O3S. The highest BCUT2D eigenvalue weighted by molar-refractivity contribution is 7.80. The minimum atomic E-state index is -0.332. The lowest BCUT2D eigenvalue weighted by Crippen LogP contribution is -2.30. The number of benzene rings is 1. The van der Waals surface area contributed by atoms with E-state index in [1.807, 2.05) is 6.07 Å². The first-order valence-corrected chi connectivity index (χ1v) is 10.4. The minimum absolute atomic E-state index is 0.332. The second-order valence-electron chi connectivity index (χ2n) is 6.53. The Kier molecular flexibility index (Phi) is 12.5. The fourth-order valence-electron chi connectivity index (χ4n) is 2.64. The number of rotatable bonds is 13. The van der Waals surface area contributed by atoms with Crippen molar-refractivity contribution in [1.29, 1.82) is 0 Å². The second-order valence-corrected chi connectivity index (χ2v) is 6.94. The summed E-state index contributed by atoms with van der Waals surface area (Å²) < 4.78 is 10.8. The molecule has 0 aromatic heterocycles. The van der Waals surface area contributed by atoms with Crippen molar-refractivity contribution >= 4 is 29.0 Å². The van der Waals surface area contributed by atoms with Crippen molar-refractivity contribution in [2.75, 3.05) is 31.7 Å². The van der Waals surface area contributed by atoms with E-state index >= 15 is 0 Å². The molecule has 2 N–H and O–H groups in total. The number of carbonyl (C=O) groups excluding carboxylic acids is 1. The maximum atomic E-state index is 11.8. The van der Waals surface area contributed by atoms with Gasteiger partial charge in [0, 0.05) is 25.4 Å². The van der Waals surface area contributed by atoms with Crippen LogP contribution in [-0.2, 0) is 9.47 Å². The summed E-state index contributed by atoms with van der Waals surface area (Å²) in [4.78, 5) is 11.8. The molecule has 0 radical (unpaired) electrons. The Morgan fingerprint density at radius 3 is 2.74 bits per heavy atom. The number of hydrogen-bond donors (Lipinski definition) is 2. The van der Waals surface area contributed by atoms with Crippen LogP contribution in [0.25, 0.3) is 0 Å². The number of nitrogens with one attached hydrogen (secondary N) is 2. The van der Waals surface area contributed by atoms with Gasteiger partial charge in [-0.3, -0.25) is 0 Å².